The Morgan fingerprint density at radius 2 is 1.89 bits per heavy atom. The highest BCUT2D eigenvalue weighted by Crippen LogP contribution is 2.24. The minimum atomic E-state index is -0.808. The molecule has 0 heterocycles. The Morgan fingerprint density at radius 3 is 2.53 bits per heavy atom. The fraction of sp³-hybridized carbons (Fsp3) is 0.462. The first-order valence-electron chi connectivity index (χ1n) is 6.12. The van der Waals surface area contributed by atoms with E-state index in [1.54, 1.807) is 0 Å². The standard InChI is InChI=1S/C13H18F2N2O2/c1-3-6-16-7-8-17-13(18)11-9(14)4-5-10(15)12(11)19-2/h4-5,16H,3,6-8H2,1-2H3,(H,17,18). The van der Waals surface area contributed by atoms with Gasteiger partial charge in [0.05, 0.1) is 7.11 Å². The average molecular weight is 272 g/mol. The normalized spacial score (nSPS) is 10.3. The minimum Gasteiger partial charge on any atom is -0.493 e. The lowest BCUT2D eigenvalue weighted by Crippen LogP contribution is -2.32. The summed E-state index contributed by atoms with van der Waals surface area (Å²) < 4.78 is 31.7. The highest BCUT2D eigenvalue weighted by Gasteiger charge is 2.20. The maximum absolute atomic E-state index is 13.6. The number of amides is 1. The van der Waals surface area contributed by atoms with Crippen LogP contribution in [0.25, 0.3) is 0 Å². The molecule has 0 bridgehead atoms. The molecule has 2 N–H and O–H groups in total. The van der Waals surface area contributed by atoms with E-state index in [2.05, 4.69) is 10.6 Å². The summed E-state index contributed by atoms with van der Waals surface area (Å²) in [5.74, 6) is -2.64. The van der Waals surface area contributed by atoms with Crippen LogP contribution in [0.5, 0.6) is 5.75 Å². The fourth-order valence-corrected chi connectivity index (χ4v) is 1.60. The maximum atomic E-state index is 13.6. The molecule has 106 valence electrons. The second kappa shape index (κ2) is 7.68. The average Bonchev–Trinajstić information content (AvgIpc) is 2.40. The molecule has 0 aromatic heterocycles. The van der Waals surface area contributed by atoms with E-state index in [9.17, 15) is 13.6 Å². The maximum Gasteiger partial charge on any atom is 0.258 e. The number of hydrogen-bond donors (Lipinski definition) is 2. The van der Waals surface area contributed by atoms with Crippen molar-refractivity contribution in [1.82, 2.24) is 10.6 Å². The van der Waals surface area contributed by atoms with E-state index >= 15 is 0 Å². The number of nitrogens with one attached hydrogen (secondary N) is 2. The Kier molecular flexibility index (Phi) is 6.21. The smallest absolute Gasteiger partial charge is 0.258 e. The van der Waals surface area contributed by atoms with Crippen LogP contribution < -0.4 is 15.4 Å². The molecule has 0 radical (unpaired) electrons. The van der Waals surface area contributed by atoms with Crippen LogP contribution in [0.2, 0.25) is 0 Å². The number of hydrogen-bond acceptors (Lipinski definition) is 3. The van der Waals surface area contributed by atoms with Crippen LogP contribution in [0, 0.1) is 11.6 Å². The first kappa shape index (κ1) is 15.4. The van der Waals surface area contributed by atoms with Crippen molar-refractivity contribution in [2.24, 2.45) is 0 Å². The van der Waals surface area contributed by atoms with Crippen LogP contribution in [0.1, 0.15) is 23.7 Å². The zero-order chi connectivity index (χ0) is 14.3. The van der Waals surface area contributed by atoms with E-state index in [0.717, 1.165) is 25.1 Å². The van der Waals surface area contributed by atoms with Crippen LogP contribution in [0.4, 0.5) is 8.78 Å². The number of carbonyl (C=O) groups excluding carboxylic acids is 1. The van der Waals surface area contributed by atoms with Gasteiger partial charge in [-0.15, -0.1) is 0 Å². The number of methoxy groups -OCH3 is 1. The predicted molar refractivity (Wildman–Crippen MR) is 68.4 cm³/mol. The molecular weight excluding hydrogens is 254 g/mol. The first-order chi connectivity index (χ1) is 9.11. The Balaban J connectivity index is 2.68. The Morgan fingerprint density at radius 1 is 1.21 bits per heavy atom. The summed E-state index contributed by atoms with van der Waals surface area (Å²) in [6.45, 7) is 3.77. The summed E-state index contributed by atoms with van der Waals surface area (Å²) >= 11 is 0. The van der Waals surface area contributed by atoms with Gasteiger partial charge in [0.2, 0.25) is 0 Å². The van der Waals surface area contributed by atoms with Crippen molar-refractivity contribution in [3.05, 3.63) is 29.3 Å². The lowest BCUT2D eigenvalue weighted by molar-refractivity contribution is 0.0945. The van der Waals surface area contributed by atoms with Crippen molar-refractivity contribution >= 4 is 5.91 Å². The van der Waals surface area contributed by atoms with Crippen molar-refractivity contribution < 1.29 is 18.3 Å². The predicted octanol–water partition coefficient (Wildman–Crippen LogP) is 1.70. The van der Waals surface area contributed by atoms with E-state index in [-0.39, 0.29) is 5.75 Å². The largest absolute Gasteiger partial charge is 0.493 e. The van der Waals surface area contributed by atoms with Gasteiger partial charge in [-0.05, 0) is 25.1 Å². The number of halogens is 2. The van der Waals surface area contributed by atoms with E-state index in [1.807, 2.05) is 6.92 Å². The van der Waals surface area contributed by atoms with Crippen LogP contribution in [0.3, 0.4) is 0 Å². The first-order valence-corrected chi connectivity index (χ1v) is 6.12. The zero-order valence-electron chi connectivity index (χ0n) is 11.1. The fourth-order valence-electron chi connectivity index (χ4n) is 1.60. The number of carbonyl (C=O) groups is 1. The van der Waals surface area contributed by atoms with Crippen molar-refractivity contribution in [2.75, 3.05) is 26.7 Å². The summed E-state index contributed by atoms with van der Waals surface area (Å²) in [7, 11) is 1.19. The van der Waals surface area contributed by atoms with E-state index in [4.69, 9.17) is 4.74 Å². The molecule has 0 saturated carbocycles. The van der Waals surface area contributed by atoms with Crippen molar-refractivity contribution in [3.8, 4) is 5.75 Å². The van der Waals surface area contributed by atoms with Crippen molar-refractivity contribution in [3.63, 3.8) is 0 Å². The molecule has 6 heteroatoms. The summed E-state index contributed by atoms with van der Waals surface area (Å²) in [4.78, 5) is 11.8. The molecule has 0 aliphatic carbocycles. The molecule has 0 atom stereocenters. The molecule has 0 aliphatic heterocycles. The highest BCUT2D eigenvalue weighted by atomic mass is 19.1. The van der Waals surface area contributed by atoms with Crippen molar-refractivity contribution in [2.45, 2.75) is 13.3 Å². The summed E-state index contributed by atoms with van der Waals surface area (Å²) in [6.07, 6.45) is 0.986. The molecule has 0 unspecified atom stereocenters. The second-order valence-electron chi connectivity index (χ2n) is 3.94. The molecule has 1 rings (SSSR count). The van der Waals surface area contributed by atoms with Gasteiger partial charge in [-0.2, -0.15) is 0 Å². The molecule has 1 aromatic carbocycles. The molecular formula is C13H18F2N2O2. The third-order valence-corrected chi connectivity index (χ3v) is 2.50. The topological polar surface area (TPSA) is 50.4 Å². The van der Waals surface area contributed by atoms with Crippen molar-refractivity contribution in [1.29, 1.82) is 0 Å². The third-order valence-electron chi connectivity index (χ3n) is 2.50. The summed E-state index contributed by atoms with van der Waals surface area (Å²) in [5.41, 5.74) is -0.405. The number of benzene rings is 1. The van der Waals surface area contributed by atoms with Gasteiger partial charge in [0.25, 0.3) is 5.91 Å². The van der Waals surface area contributed by atoms with E-state index in [0.29, 0.717) is 13.1 Å². The number of ether oxygens (including phenoxy) is 1. The minimum absolute atomic E-state index is 0.331. The molecule has 0 aliphatic rings. The SMILES string of the molecule is CCCNCCNC(=O)c1c(F)ccc(F)c1OC. The quantitative estimate of drug-likeness (QED) is 0.743. The Labute approximate surface area is 111 Å². The highest BCUT2D eigenvalue weighted by molar-refractivity contribution is 5.97. The van der Waals surface area contributed by atoms with Gasteiger partial charge in [-0.1, -0.05) is 6.92 Å². The molecule has 0 spiro atoms. The zero-order valence-corrected chi connectivity index (χ0v) is 11.1. The molecule has 1 amide bonds. The van der Waals surface area contributed by atoms with Gasteiger partial charge < -0.3 is 15.4 Å². The molecule has 1 aromatic rings. The molecule has 0 saturated heterocycles. The lowest BCUT2D eigenvalue weighted by atomic mass is 10.1. The van der Waals surface area contributed by atoms with Gasteiger partial charge in [0.15, 0.2) is 11.6 Å². The van der Waals surface area contributed by atoms with Gasteiger partial charge in [0.1, 0.15) is 11.4 Å². The van der Waals surface area contributed by atoms with Crippen LogP contribution in [0.15, 0.2) is 12.1 Å². The number of rotatable bonds is 7. The molecule has 19 heavy (non-hydrogen) atoms. The lowest BCUT2D eigenvalue weighted by Gasteiger charge is -2.11. The monoisotopic (exact) mass is 272 g/mol. The van der Waals surface area contributed by atoms with E-state index < -0.39 is 23.1 Å². The summed E-state index contributed by atoms with van der Waals surface area (Å²) in [6, 6.07) is 1.83. The van der Waals surface area contributed by atoms with E-state index in [1.165, 1.54) is 7.11 Å². The van der Waals surface area contributed by atoms with Gasteiger partial charge in [-0.25, -0.2) is 8.78 Å². The molecule has 4 nitrogen and oxygen atoms in total. The summed E-state index contributed by atoms with van der Waals surface area (Å²) in [5, 5.41) is 5.60. The van der Waals surface area contributed by atoms with Gasteiger partial charge >= 0.3 is 0 Å². The van der Waals surface area contributed by atoms with Crippen LogP contribution >= 0.6 is 0 Å². The third kappa shape index (κ3) is 4.17. The molecule has 0 fully saturated rings. The second-order valence-corrected chi connectivity index (χ2v) is 3.94. The Bertz CT molecular complexity index is 439. The van der Waals surface area contributed by atoms with Gasteiger partial charge in [-0.3, -0.25) is 4.79 Å². The van der Waals surface area contributed by atoms with Crippen LogP contribution in [-0.4, -0.2) is 32.7 Å². The Hall–Kier alpha value is -1.69. The van der Waals surface area contributed by atoms with Gasteiger partial charge in [0, 0.05) is 13.1 Å². The van der Waals surface area contributed by atoms with Crippen LogP contribution in [-0.2, 0) is 0 Å².